The number of carboxylic acids is 1. The second kappa shape index (κ2) is 5.35. The first-order valence-electron chi connectivity index (χ1n) is 4.00. The number of carboxylic acid groups (broad SMARTS) is 1. The van der Waals surface area contributed by atoms with Crippen molar-refractivity contribution in [3.63, 3.8) is 0 Å². The molecule has 0 amide bonds. The number of hydrogen-bond donors (Lipinski definition) is 1. The third kappa shape index (κ3) is 5.90. The van der Waals surface area contributed by atoms with Gasteiger partial charge in [-0.25, -0.2) is 4.79 Å². The van der Waals surface area contributed by atoms with Gasteiger partial charge in [-0.1, -0.05) is 20.4 Å². The monoisotopic (exact) mass is 186 g/mol. The summed E-state index contributed by atoms with van der Waals surface area (Å²) in [5.74, 6) is -1.47. The highest BCUT2D eigenvalue weighted by Crippen LogP contribution is 2.02. The zero-order valence-electron chi connectivity index (χ0n) is 7.87. The Balaban J connectivity index is 3.83. The van der Waals surface area contributed by atoms with E-state index in [4.69, 9.17) is 9.84 Å². The fraction of sp³-hybridized carbons (Fsp3) is 0.556. The number of aliphatic carboxylic acids is 1. The van der Waals surface area contributed by atoms with Crippen LogP contribution in [0.1, 0.15) is 20.3 Å². The van der Waals surface area contributed by atoms with Gasteiger partial charge in [-0.2, -0.15) is 0 Å². The van der Waals surface area contributed by atoms with Crippen LogP contribution >= 0.6 is 0 Å². The van der Waals surface area contributed by atoms with Crippen LogP contribution in [-0.4, -0.2) is 23.7 Å². The molecule has 1 N–H and O–H groups in total. The summed E-state index contributed by atoms with van der Waals surface area (Å²) < 4.78 is 4.76. The molecule has 0 saturated carbocycles. The molecular weight excluding hydrogens is 172 g/mol. The molecule has 0 fully saturated rings. The lowest BCUT2D eigenvalue weighted by molar-refractivity contribution is -0.143. The Kier molecular flexibility index (Phi) is 4.80. The van der Waals surface area contributed by atoms with Crippen molar-refractivity contribution in [2.75, 3.05) is 6.61 Å². The minimum absolute atomic E-state index is 0.0202. The van der Waals surface area contributed by atoms with Crippen molar-refractivity contribution in [3.05, 3.63) is 12.2 Å². The van der Waals surface area contributed by atoms with E-state index in [9.17, 15) is 9.59 Å². The average molecular weight is 186 g/mol. The predicted octanol–water partition coefficient (Wildman–Crippen LogP) is 1.22. The molecule has 4 heteroatoms. The van der Waals surface area contributed by atoms with Gasteiger partial charge < -0.3 is 9.84 Å². The maximum atomic E-state index is 11.0. The van der Waals surface area contributed by atoms with Gasteiger partial charge in [-0.15, -0.1) is 0 Å². The topological polar surface area (TPSA) is 63.6 Å². The van der Waals surface area contributed by atoms with E-state index >= 15 is 0 Å². The van der Waals surface area contributed by atoms with Crippen LogP contribution in [0.3, 0.4) is 0 Å². The van der Waals surface area contributed by atoms with Gasteiger partial charge in [0.25, 0.3) is 0 Å². The Morgan fingerprint density at radius 1 is 1.46 bits per heavy atom. The van der Waals surface area contributed by atoms with Crippen molar-refractivity contribution in [1.29, 1.82) is 0 Å². The van der Waals surface area contributed by atoms with Crippen molar-refractivity contribution in [2.45, 2.75) is 20.3 Å². The van der Waals surface area contributed by atoms with E-state index in [0.717, 1.165) is 0 Å². The van der Waals surface area contributed by atoms with Gasteiger partial charge in [0.05, 0.1) is 13.0 Å². The molecule has 74 valence electrons. The maximum absolute atomic E-state index is 11.0. The lowest BCUT2D eigenvalue weighted by Crippen LogP contribution is -2.13. The summed E-state index contributed by atoms with van der Waals surface area (Å²) in [6.45, 7) is 7.40. The molecule has 0 unspecified atom stereocenters. The normalized spacial score (nSPS) is 9.77. The van der Waals surface area contributed by atoms with Gasteiger partial charge >= 0.3 is 11.9 Å². The highest BCUT2D eigenvalue weighted by Gasteiger charge is 2.12. The molecular formula is C9H14O4. The van der Waals surface area contributed by atoms with Gasteiger partial charge in [0.15, 0.2) is 0 Å². The van der Waals surface area contributed by atoms with Crippen LogP contribution in [0, 0.1) is 5.92 Å². The summed E-state index contributed by atoms with van der Waals surface area (Å²) in [5.41, 5.74) is -0.0202. The zero-order valence-corrected chi connectivity index (χ0v) is 7.87. The molecule has 0 radical (unpaired) electrons. The molecule has 0 rings (SSSR count). The van der Waals surface area contributed by atoms with Gasteiger partial charge in [0.2, 0.25) is 0 Å². The average Bonchev–Trinajstić information content (AvgIpc) is 1.98. The van der Waals surface area contributed by atoms with E-state index in [-0.39, 0.29) is 24.5 Å². The van der Waals surface area contributed by atoms with Crippen LogP contribution in [0.2, 0.25) is 0 Å². The van der Waals surface area contributed by atoms with E-state index in [2.05, 4.69) is 6.58 Å². The Morgan fingerprint density at radius 3 is 2.38 bits per heavy atom. The van der Waals surface area contributed by atoms with Gasteiger partial charge in [-0.05, 0) is 5.92 Å². The Morgan fingerprint density at radius 2 is 2.00 bits per heavy atom. The third-order valence-corrected chi connectivity index (χ3v) is 1.20. The van der Waals surface area contributed by atoms with Crippen molar-refractivity contribution in [3.8, 4) is 0 Å². The van der Waals surface area contributed by atoms with Crippen molar-refractivity contribution < 1.29 is 19.4 Å². The van der Waals surface area contributed by atoms with Crippen LogP contribution in [0.4, 0.5) is 0 Å². The van der Waals surface area contributed by atoms with Crippen molar-refractivity contribution in [2.24, 2.45) is 5.92 Å². The lowest BCUT2D eigenvalue weighted by Gasteiger charge is -2.07. The minimum Gasteiger partial charge on any atom is -0.481 e. The number of carbonyl (C=O) groups is 2. The van der Waals surface area contributed by atoms with Crippen LogP contribution in [0.15, 0.2) is 12.2 Å². The van der Waals surface area contributed by atoms with Gasteiger partial charge in [-0.3, -0.25) is 4.79 Å². The summed E-state index contributed by atoms with van der Waals surface area (Å²) in [7, 11) is 0. The number of hydrogen-bond acceptors (Lipinski definition) is 3. The molecule has 13 heavy (non-hydrogen) atoms. The standard InChI is InChI=1S/C9H14O4/c1-6(2)5-13-9(12)7(3)4-8(10)11/h6H,3-5H2,1-2H3,(H,10,11). The summed E-state index contributed by atoms with van der Waals surface area (Å²) in [4.78, 5) is 21.2. The lowest BCUT2D eigenvalue weighted by atomic mass is 10.2. The quantitative estimate of drug-likeness (QED) is 0.518. The molecule has 4 nitrogen and oxygen atoms in total. The Hall–Kier alpha value is -1.32. The van der Waals surface area contributed by atoms with Gasteiger partial charge in [0, 0.05) is 5.57 Å². The molecule has 0 bridgehead atoms. The van der Waals surface area contributed by atoms with E-state index in [1.807, 2.05) is 13.8 Å². The molecule has 0 aromatic heterocycles. The highest BCUT2D eigenvalue weighted by molar-refractivity contribution is 5.92. The molecule has 0 spiro atoms. The predicted molar refractivity (Wildman–Crippen MR) is 47.2 cm³/mol. The first-order valence-corrected chi connectivity index (χ1v) is 4.00. The largest absolute Gasteiger partial charge is 0.481 e. The van der Waals surface area contributed by atoms with Crippen LogP contribution in [0.25, 0.3) is 0 Å². The second-order valence-electron chi connectivity index (χ2n) is 3.17. The van der Waals surface area contributed by atoms with Gasteiger partial charge in [0.1, 0.15) is 0 Å². The molecule has 0 saturated heterocycles. The zero-order chi connectivity index (χ0) is 10.4. The smallest absolute Gasteiger partial charge is 0.333 e. The number of carbonyl (C=O) groups excluding carboxylic acids is 1. The SMILES string of the molecule is C=C(CC(=O)O)C(=O)OCC(C)C. The second-order valence-corrected chi connectivity index (χ2v) is 3.17. The number of ether oxygens (including phenoxy) is 1. The maximum Gasteiger partial charge on any atom is 0.333 e. The number of rotatable bonds is 5. The summed E-state index contributed by atoms with van der Waals surface area (Å²) in [6, 6.07) is 0. The summed E-state index contributed by atoms with van der Waals surface area (Å²) >= 11 is 0. The highest BCUT2D eigenvalue weighted by atomic mass is 16.5. The molecule has 0 aliphatic carbocycles. The molecule has 0 aromatic rings. The minimum atomic E-state index is -1.08. The van der Waals surface area contributed by atoms with Crippen LogP contribution < -0.4 is 0 Å². The van der Waals surface area contributed by atoms with Crippen LogP contribution in [-0.2, 0) is 14.3 Å². The molecule has 0 aliphatic rings. The molecule has 0 heterocycles. The van der Waals surface area contributed by atoms with E-state index in [1.165, 1.54) is 0 Å². The molecule has 0 aliphatic heterocycles. The number of esters is 1. The van der Waals surface area contributed by atoms with E-state index < -0.39 is 11.9 Å². The fourth-order valence-electron chi connectivity index (χ4n) is 0.599. The molecule has 0 aromatic carbocycles. The Bertz CT molecular complexity index is 218. The first kappa shape index (κ1) is 11.7. The van der Waals surface area contributed by atoms with Crippen LogP contribution in [0.5, 0.6) is 0 Å². The van der Waals surface area contributed by atoms with Crippen molar-refractivity contribution >= 4 is 11.9 Å². The summed E-state index contributed by atoms with van der Waals surface area (Å²) in [6.07, 6.45) is -0.364. The van der Waals surface area contributed by atoms with E-state index in [1.54, 1.807) is 0 Å². The van der Waals surface area contributed by atoms with E-state index in [0.29, 0.717) is 0 Å². The Labute approximate surface area is 77.2 Å². The molecule has 0 atom stereocenters. The third-order valence-electron chi connectivity index (χ3n) is 1.20. The first-order chi connectivity index (χ1) is 5.93. The van der Waals surface area contributed by atoms with Crippen molar-refractivity contribution in [1.82, 2.24) is 0 Å². The summed E-state index contributed by atoms with van der Waals surface area (Å²) in [5, 5.41) is 8.34. The fourth-order valence-corrected chi connectivity index (χ4v) is 0.599.